The van der Waals surface area contributed by atoms with Crippen molar-refractivity contribution in [2.24, 2.45) is 0 Å². The van der Waals surface area contributed by atoms with Gasteiger partial charge in [0.15, 0.2) is 5.82 Å². The second kappa shape index (κ2) is 23.0. The van der Waals surface area contributed by atoms with E-state index in [1.807, 2.05) is 32.6 Å². The average Bonchev–Trinajstić information content (AvgIpc) is 3.10. The van der Waals surface area contributed by atoms with Crippen LogP contribution in [0, 0.1) is 0 Å². The highest BCUT2D eigenvalue weighted by Crippen LogP contribution is 2.18. The van der Waals surface area contributed by atoms with E-state index >= 15 is 0 Å². The van der Waals surface area contributed by atoms with Gasteiger partial charge in [-0.15, -0.1) is 20.4 Å². The largest absolute Gasteiger partial charge is 0.480 e. The average molecular weight is 791 g/mol. The number of carboxylic acids is 3. The van der Waals surface area contributed by atoms with Crippen molar-refractivity contribution in [1.82, 2.24) is 60.6 Å². The Bertz CT molecular complexity index is 1490. The molecule has 21 nitrogen and oxygen atoms in total. The zero-order chi connectivity index (χ0) is 41.1. The van der Waals surface area contributed by atoms with E-state index in [0.717, 1.165) is 0 Å². The molecule has 0 aromatic carbocycles. The van der Waals surface area contributed by atoms with Gasteiger partial charge >= 0.3 is 17.9 Å². The zero-order valence-corrected chi connectivity index (χ0v) is 32.8. The standard InChI is InChI=1S/C35H58N12O9/c1-34(2,8-20-56-35(3,4)21-27(48)36-9-5-7-26-40-42-33(43-41-26)32-37-10-6-11-38-32)39-28(49)22-44-12-14-45(23-29(50)51)16-18-47(25-31(54)55)19-17-46(15-13-44)24-30(52)53/h6,10-11,28,39,49H,5,7-9,12-25H2,1-4H3,(H,36,48)(H,50,51)(H,52,53)(H,54,55). The quantitative estimate of drug-likeness (QED) is 0.0621. The van der Waals surface area contributed by atoms with Crippen molar-refractivity contribution in [3.8, 4) is 11.6 Å². The van der Waals surface area contributed by atoms with Crippen LogP contribution in [-0.2, 0) is 30.3 Å². The highest BCUT2D eigenvalue weighted by atomic mass is 16.5. The Balaban J connectivity index is 1.44. The molecular weight excluding hydrogens is 732 g/mol. The predicted octanol–water partition coefficient (Wildman–Crippen LogP) is -1.49. The molecule has 0 radical (unpaired) electrons. The molecule has 2 aromatic rings. The van der Waals surface area contributed by atoms with Crippen LogP contribution in [0.15, 0.2) is 18.5 Å². The molecule has 0 bridgehead atoms. The number of carboxylic acid groups (broad SMARTS) is 3. The number of nitrogens with one attached hydrogen (secondary N) is 2. The highest BCUT2D eigenvalue weighted by Gasteiger charge is 2.27. The third-order valence-electron chi connectivity index (χ3n) is 8.99. The minimum atomic E-state index is -1.02. The number of aryl methyl sites for hydroxylation is 1. The number of aliphatic hydroxyl groups is 1. The first-order valence-electron chi connectivity index (χ1n) is 18.7. The van der Waals surface area contributed by atoms with Gasteiger partial charge in [-0.3, -0.25) is 44.1 Å². The molecule has 3 rings (SSSR count). The van der Waals surface area contributed by atoms with E-state index in [1.165, 1.54) is 0 Å². The summed E-state index contributed by atoms with van der Waals surface area (Å²) in [5.41, 5.74) is -1.32. The van der Waals surface area contributed by atoms with Crippen LogP contribution in [-0.4, -0.2) is 203 Å². The minimum Gasteiger partial charge on any atom is -0.480 e. The Morgan fingerprint density at radius 2 is 1.23 bits per heavy atom. The van der Waals surface area contributed by atoms with E-state index in [0.29, 0.717) is 96.4 Å². The summed E-state index contributed by atoms with van der Waals surface area (Å²) < 4.78 is 6.10. The smallest absolute Gasteiger partial charge is 0.317 e. The van der Waals surface area contributed by atoms with E-state index in [4.69, 9.17) is 4.74 Å². The Morgan fingerprint density at radius 1 is 0.750 bits per heavy atom. The maximum absolute atomic E-state index is 12.7. The van der Waals surface area contributed by atoms with Gasteiger partial charge in [0, 0.05) is 96.4 Å². The SMILES string of the molecule is CC(C)(CCOC(C)(C)CC(=O)NCCCc1nnc(-c2ncccn2)nn1)NC(O)CN1CCN(CC(=O)O)CCN(CC(=O)O)CCN(CC(=O)O)CC1. The first-order chi connectivity index (χ1) is 26.5. The second-order valence-corrected chi connectivity index (χ2v) is 15.1. The van der Waals surface area contributed by atoms with Crippen molar-refractivity contribution in [2.75, 3.05) is 91.7 Å². The fourth-order valence-corrected chi connectivity index (χ4v) is 6.03. The summed E-state index contributed by atoms with van der Waals surface area (Å²) in [7, 11) is 0. The van der Waals surface area contributed by atoms with Crippen LogP contribution in [0.4, 0.5) is 0 Å². The summed E-state index contributed by atoms with van der Waals surface area (Å²) in [6, 6.07) is 1.69. The number of carbonyl (C=O) groups is 4. The Kier molecular flexibility index (Phi) is 18.9. The Morgan fingerprint density at radius 3 is 1.71 bits per heavy atom. The summed E-state index contributed by atoms with van der Waals surface area (Å²) >= 11 is 0. The molecule has 1 aliphatic rings. The molecule has 0 aliphatic carbocycles. The van der Waals surface area contributed by atoms with Crippen molar-refractivity contribution < 1.29 is 44.3 Å². The lowest BCUT2D eigenvalue weighted by molar-refractivity contribution is -0.140. The van der Waals surface area contributed by atoms with Crippen LogP contribution in [0.25, 0.3) is 11.6 Å². The predicted molar refractivity (Wildman–Crippen MR) is 201 cm³/mol. The lowest BCUT2D eigenvalue weighted by atomic mass is 10.00. The van der Waals surface area contributed by atoms with E-state index in [9.17, 15) is 39.6 Å². The van der Waals surface area contributed by atoms with Crippen molar-refractivity contribution in [3.05, 3.63) is 24.3 Å². The molecule has 1 saturated heterocycles. The number of aliphatic hydroxyl groups excluding tert-OH is 1. The molecule has 0 spiro atoms. The van der Waals surface area contributed by atoms with Crippen molar-refractivity contribution >= 4 is 23.8 Å². The van der Waals surface area contributed by atoms with Gasteiger partial charge in [0.05, 0.1) is 31.7 Å². The topological polar surface area (TPSA) is 273 Å². The van der Waals surface area contributed by atoms with E-state index in [-0.39, 0.29) is 44.3 Å². The molecule has 2 aromatic heterocycles. The van der Waals surface area contributed by atoms with Gasteiger partial charge in [-0.25, -0.2) is 9.97 Å². The van der Waals surface area contributed by atoms with Crippen LogP contribution in [0.2, 0.25) is 0 Å². The summed E-state index contributed by atoms with van der Waals surface area (Å²) in [6.07, 6.45) is 3.90. The summed E-state index contributed by atoms with van der Waals surface area (Å²) in [6.45, 7) is 10.5. The highest BCUT2D eigenvalue weighted by molar-refractivity contribution is 5.76. The van der Waals surface area contributed by atoms with Gasteiger partial charge in [-0.1, -0.05) is 0 Å². The van der Waals surface area contributed by atoms with Gasteiger partial charge in [0.1, 0.15) is 6.23 Å². The summed E-state index contributed by atoms with van der Waals surface area (Å²) in [4.78, 5) is 62.6. The van der Waals surface area contributed by atoms with Crippen molar-refractivity contribution in [2.45, 2.75) is 70.7 Å². The van der Waals surface area contributed by atoms with E-state index in [2.05, 4.69) is 41.0 Å². The maximum Gasteiger partial charge on any atom is 0.317 e. The number of aromatic nitrogens is 6. The Hall–Kier alpha value is -4.38. The van der Waals surface area contributed by atoms with Gasteiger partial charge in [0.25, 0.3) is 0 Å². The normalized spacial score (nSPS) is 16.7. The molecule has 1 amide bonds. The molecular formula is C35H58N12O9. The number of rotatable bonds is 21. The number of amides is 1. The van der Waals surface area contributed by atoms with Crippen molar-refractivity contribution in [1.29, 1.82) is 0 Å². The summed E-state index contributed by atoms with van der Waals surface area (Å²) in [5, 5.41) is 61.8. The van der Waals surface area contributed by atoms with Gasteiger partial charge < -0.3 is 30.5 Å². The number of β-amino-alcohol motifs (C(OH)–C–C–N with tert-alkyl or cyclic N) is 1. The first kappa shape index (κ1) is 46.0. The van der Waals surface area contributed by atoms with Gasteiger partial charge in [-0.05, 0) is 46.6 Å². The number of nitrogens with zero attached hydrogens (tertiary/aromatic N) is 10. The third-order valence-corrected chi connectivity index (χ3v) is 8.99. The van der Waals surface area contributed by atoms with Gasteiger partial charge in [0.2, 0.25) is 17.6 Å². The molecule has 1 fully saturated rings. The molecule has 1 atom stereocenters. The molecule has 3 heterocycles. The molecule has 1 unspecified atom stereocenters. The van der Waals surface area contributed by atoms with E-state index in [1.54, 1.807) is 33.2 Å². The molecule has 312 valence electrons. The summed E-state index contributed by atoms with van der Waals surface area (Å²) in [5.74, 6) is -2.18. The lowest BCUT2D eigenvalue weighted by Gasteiger charge is -2.36. The molecule has 1 aliphatic heterocycles. The number of hydrogen-bond acceptors (Lipinski definition) is 17. The lowest BCUT2D eigenvalue weighted by Crippen LogP contribution is -2.54. The third kappa shape index (κ3) is 19.0. The number of ether oxygens (including phenoxy) is 1. The van der Waals surface area contributed by atoms with Gasteiger partial charge in [-0.2, -0.15) is 0 Å². The fraction of sp³-hybridized carbons (Fsp3) is 0.714. The van der Waals surface area contributed by atoms with Crippen LogP contribution in [0.5, 0.6) is 0 Å². The van der Waals surface area contributed by atoms with Crippen LogP contribution < -0.4 is 10.6 Å². The Labute approximate surface area is 326 Å². The zero-order valence-electron chi connectivity index (χ0n) is 32.8. The van der Waals surface area contributed by atoms with Crippen LogP contribution in [0.3, 0.4) is 0 Å². The van der Waals surface area contributed by atoms with Crippen LogP contribution in [0.1, 0.15) is 52.8 Å². The maximum atomic E-state index is 12.7. The monoisotopic (exact) mass is 790 g/mol. The number of aliphatic carboxylic acids is 3. The fourth-order valence-electron chi connectivity index (χ4n) is 6.03. The molecule has 6 N–H and O–H groups in total. The molecule has 21 heteroatoms. The van der Waals surface area contributed by atoms with E-state index < -0.39 is 35.3 Å². The van der Waals surface area contributed by atoms with Crippen molar-refractivity contribution in [3.63, 3.8) is 0 Å². The first-order valence-corrected chi connectivity index (χ1v) is 18.7. The number of hydrogen-bond donors (Lipinski definition) is 6. The minimum absolute atomic E-state index is 0.138. The molecule has 56 heavy (non-hydrogen) atoms. The molecule has 0 saturated carbocycles. The number of carbonyl (C=O) groups excluding carboxylic acids is 1. The second-order valence-electron chi connectivity index (χ2n) is 15.1. The van der Waals surface area contributed by atoms with Crippen LogP contribution >= 0.6 is 0 Å².